The summed E-state index contributed by atoms with van der Waals surface area (Å²) in [5.41, 5.74) is 0. The van der Waals surface area contributed by atoms with Gasteiger partial charge in [0.15, 0.2) is 5.96 Å². The van der Waals surface area contributed by atoms with E-state index in [1.807, 2.05) is 18.4 Å². The second-order valence-electron chi connectivity index (χ2n) is 4.92. The van der Waals surface area contributed by atoms with Crippen molar-refractivity contribution in [2.75, 3.05) is 7.05 Å². The van der Waals surface area contributed by atoms with Crippen LogP contribution in [0.2, 0.25) is 0 Å². The van der Waals surface area contributed by atoms with Crippen molar-refractivity contribution in [1.29, 1.82) is 0 Å². The molecule has 0 bridgehead atoms. The van der Waals surface area contributed by atoms with Crippen molar-refractivity contribution in [3.05, 3.63) is 21.9 Å². The molecule has 1 saturated carbocycles. The lowest BCUT2D eigenvalue weighted by molar-refractivity contribution is 0.410. The molecule has 4 heteroatoms. The van der Waals surface area contributed by atoms with E-state index in [1.54, 1.807) is 0 Å². The van der Waals surface area contributed by atoms with Gasteiger partial charge in [-0.05, 0) is 31.9 Å². The molecule has 0 aromatic carbocycles. The Bertz CT molecular complexity index is 391. The van der Waals surface area contributed by atoms with Gasteiger partial charge >= 0.3 is 0 Å². The van der Waals surface area contributed by atoms with E-state index in [4.69, 9.17) is 0 Å². The predicted octanol–water partition coefficient (Wildman–Crippen LogP) is 3.05. The maximum atomic E-state index is 4.30. The molecule has 0 spiro atoms. The smallest absolute Gasteiger partial charge is 0.191 e. The number of aliphatic imine (C=N–C) groups is 1. The SMILES string of the molecule is CN=C(NCc1ccc(C)s1)NC1CCCCC1. The lowest BCUT2D eigenvalue weighted by Crippen LogP contribution is -2.43. The fraction of sp³-hybridized carbons (Fsp3) is 0.643. The van der Waals surface area contributed by atoms with Crippen LogP contribution >= 0.6 is 11.3 Å². The van der Waals surface area contributed by atoms with Crippen LogP contribution in [0.1, 0.15) is 41.9 Å². The summed E-state index contributed by atoms with van der Waals surface area (Å²) in [4.78, 5) is 7.03. The first-order valence-corrected chi connectivity index (χ1v) is 7.62. The summed E-state index contributed by atoms with van der Waals surface area (Å²) in [6, 6.07) is 4.95. The third-order valence-electron chi connectivity index (χ3n) is 3.40. The third-order valence-corrected chi connectivity index (χ3v) is 4.40. The molecule has 1 aliphatic carbocycles. The van der Waals surface area contributed by atoms with Gasteiger partial charge in [0.05, 0.1) is 6.54 Å². The molecule has 1 aromatic rings. The van der Waals surface area contributed by atoms with Crippen molar-refractivity contribution in [2.45, 2.75) is 51.6 Å². The Morgan fingerprint density at radius 1 is 1.33 bits per heavy atom. The van der Waals surface area contributed by atoms with Crippen LogP contribution in [0.3, 0.4) is 0 Å². The Morgan fingerprint density at radius 2 is 2.11 bits per heavy atom. The first kappa shape index (κ1) is 13.4. The molecule has 0 unspecified atom stereocenters. The Hall–Kier alpha value is -1.03. The molecule has 0 aliphatic heterocycles. The molecule has 0 amide bonds. The number of thiophene rings is 1. The molecular formula is C14H23N3S. The molecular weight excluding hydrogens is 242 g/mol. The van der Waals surface area contributed by atoms with Crippen LogP contribution in [0, 0.1) is 6.92 Å². The topological polar surface area (TPSA) is 36.4 Å². The number of nitrogens with zero attached hydrogens (tertiary/aromatic N) is 1. The van der Waals surface area contributed by atoms with Crippen LogP contribution in [0.4, 0.5) is 0 Å². The van der Waals surface area contributed by atoms with Crippen molar-refractivity contribution >= 4 is 17.3 Å². The number of nitrogens with one attached hydrogen (secondary N) is 2. The van der Waals surface area contributed by atoms with Crippen LogP contribution in [0.5, 0.6) is 0 Å². The summed E-state index contributed by atoms with van der Waals surface area (Å²) in [5.74, 6) is 0.938. The van der Waals surface area contributed by atoms with Crippen molar-refractivity contribution in [1.82, 2.24) is 10.6 Å². The minimum absolute atomic E-state index is 0.607. The fourth-order valence-corrected chi connectivity index (χ4v) is 3.22. The van der Waals surface area contributed by atoms with E-state index < -0.39 is 0 Å². The average Bonchev–Trinajstić information content (AvgIpc) is 2.81. The molecule has 100 valence electrons. The largest absolute Gasteiger partial charge is 0.354 e. The van der Waals surface area contributed by atoms with E-state index in [9.17, 15) is 0 Å². The molecule has 0 saturated heterocycles. The Morgan fingerprint density at radius 3 is 2.72 bits per heavy atom. The summed E-state index contributed by atoms with van der Waals surface area (Å²) in [6.07, 6.45) is 6.63. The molecule has 0 atom stereocenters. The summed E-state index contributed by atoms with van der Waals surface area (Å²) >= 11 is 1.84. The van der Waals surface area contributed by atoms with E-state index >= 15 is 0 Å². The zero-order valence-electron chi connectivity index (χ0n) is 11.3. The molecule has 2 N–H and O–H groups in total. The van der Waals surface area contributed by atoms with Gasteiger partial charge in [-0.15, -0.1) is 11.3 Å². The predicted molar refractivity (Wildman–Crippen MR) is 79.3 cm³/mol. The Kier molecular flexibility index (Phi) is 5.05. The number of hydrogen-bond donors (Lipinski definition) is 2. The lowest BCUT2D eigenvalue weighted by Gasteiger charge is -2.24. The first-order valence-electron chi connectivity index (χ1n) is 6.80. The van der Waals surface area contributed by atoms with Crippen molar-refractivity contribution in [2.24, 2.45) is 4.99 Å². The van der Waals surface area contributed by atoms with E-state index in [1.165, 1.54) is 41.9 Å². The fourth-order valence-electron chi connectivity index (χ4n) is 2.39. The van der Waals surface area contributed by atoms with Gasteiger partial charge in [0.2, 0.25) is 0 Å². The van der Waals surface area contributed by atoms with Crippen LogP contribution < -0.4 is 10.6 Å². The first-order chi connectivity index (χ1) is 8.78. The van der Waals surface area contributed by atoms with Crippen LogP contribution in [0.25, 0.3) is 0 Å². The highest BCUT2D eigenvalue weighted by Gasteiger charge is 2.14. The van der Waals surface area contributed by atoms with E-state index in [0.717, 1.165) is 12.5 Å². The van der Waals surface area contributed by atoms with Crippen LogP contribution in [0.15, 0.2) is 17.1 Å². The van der Waals surface area contributed by atoms with Gasteiger partial charge in [-0.1, -0.05) is 19.3 Å². The van der Waals surface area contributed by atoms with Crippen molar-refractivity contribution in [3.8, 4) is 0 Å². The summed E-state index contributed by atoms with van der Waals surface area (Å²) in [6.45, 7) is 3.01. The van der Waals surface area contributed by atoms with Crippen molar-refractivity contribution in [3.63, 3.8) is 0 Å². The minimum Gasteiger partial charge on any atom is -0.354 e. The lowest BCUT2D eigenvalue weighted by atomic mass is 9.96. The zero-order chi connectivity index (χ0) is 12.8. The third kappa shape index (κ3) is 4.02. The van der Waals surface area contributed by atoms with Crippen molar-refractivity contribution < 1.29 is 0 Å². The van der Waals surface area contributed by atoms with E-state index in [2.05, 4.69) is 34.7 Å². The van der Waals surface area contributed by atoms with Gasteiger partial charge in [-0.3, -0.25) is 4.99 Å². The maximum absolute atomic E-state index is 4.30. The molecule has 1 fully saturated rings. The number of hydrogen-bond acceptors (Lipinski definition) is 2. The average molecular weight is 265 g/mol. The van der Waals surface area contributed by atoms with Gasteiger partial charge in [-0.25, -0.2) is 0 Å². The van der Waals surface area contributed by atoms with Crippen LogP contribution in [-0.2, 0) is 6.54 Å². The molecule has 1 heterocycles. The Labute approximate surface area is 114 Å². The summed E-state index contributed by atoms with van der Waals surface area (Å²) in [5, 5.41) is 6.92. The van der Waals surface area contributed by atoms with E-state index in [-0.39, 0.29) is 0 Å². The second-order valence-corrected chi connectivity index (χ2v) is 6.29. The van der Waals surface area contributed by atoms with Gasteiger partial charge in [0, 0.05) is 22.8 Å². The molecule has 2 rings (SSSR count). The molecule has 1 aromatic heterocycles. The quantitative estimate of drug-likeness (QED) is 0.651. The van der Waals surface area contributed by atoms with Gasteiger partial charge in [0.25, 0.3) is 0 Å². The normalized spacial score (nSPS) is 17.8. The molecule has 1 aliphatic rings. The molecule has 18 heavy (non-hydrogen) atoms. The Balaban J connectivity index is 1.78. The molecule has 3 nitrogen and oxygen atoms in total. The van der Waals surface area contributed by atoms with Gasteiger partial charge in [0.1, 0.15) is 0 Å². The highest BCUT2D eigenvalue weighted by Crippen LogP contribution is 2.17. The zero-order valence-corrected chi connectivity index (χ0v) is 12.1. The number of aryl methyl sites for hydroxylation is 1. The highest BCUT2D eigenvalue weighted by atomic mass is 32.1. The number of rotatable bonds is 3. The monoisotopic (exact) mass is 265 g/mol. The number of guanidine groups is 1. The minimum atomic E-state index is 0.607. The summed E-state index contributed by atoms with van der Waals surface area (Å²) < 4.78 is 0. The second kappa shape index (κ2) is 6.78. The standard InChI is InChI=1S/C14H23N3S/c1-11-8-9-13(18-11)10-16-14(15-2)17-12-6-4-3-5-7-12/h8-9,12H,3-7,10H2,1-2H3,(H2,15,16,17). The van der Waals surface area contributed by atoms with Gasteiger partial charge < -0.3 is 10.6 Å². The van der Waals surface area contributed by atoms with Gasteiger partial charge in [-0.2, -0.15) is 0 Å². The highest BCUT2D eigenvalue weighted by molar-refractivity contribution is 7.11. The summed E-state index contributed by atoms with van der Waals surface area (Å²) in [7, 11) is 1.85. The maximum Gasteiger partial charge on any atom is 0.191 e. The van der Waals surface area contributed by atoms with E-state index in [0.29, 0.717) is 6.04 Å². The van der Waals surface area contributed by atoms with Crippen LogP contribution in [-0.4, -0.2) is 19.0 Å². The molecule has 0 radical (unpaired) electrons.